The molecule has 0 bridgehead atoms. The van der Waals surface area contributed by atoms with Gasteiger partial charge in [-0.25, -0.2) is 0 Å². The van der Waals surface area contributed by atoms with Gasteiger partial charge in [-0.2, -0.15) is 0 Å². The summed E-state index contributed by atoms with van der Waals surface area (Å²) in [6, 6.07) is 2.96. The van der Waals surface area contributed by atoms with Crippen molar-refractivity contribution in [1.29, 1.82) is 0 Å². The van der Waals surface area contributed by atoms with Crippen molar-refractivity contribution in [2.75, 3.05) is 6.54 Å². The van der Waals surface area contributed by atoms with Crippen molar-refractivity contribution in [3.63, 3.8) is 0 Å². The second-order valence-electron chi connectivity index (χ2n) is 2.69. The predicted molar refractivity (Wildman–Crippen MR) is 50.2 cm³/mol. The summed E-state index contributed by atoms with van der Waals surface area (Å²) in [5.41, 5.74) is 0. The van der Waals surface area contributed by atoms with Gasteiger partial charge in [0.2, 0.25) is 0 Å². The molecule has 1 nitrogen and oxygen atoms in total. The van der Waals surface area contributed by atoms with E-state index in [9.17, 15) is 0 Å². The Morgan fingerprint density at radius 2 is 1.82 bits per heavy atom. The van der Waals surface area contributed by atoms with Crippen LogP contribution in [0.4, 0.5) is 0 Å². The highest BCUT2D eigenvalue weighted by Gasteiger charge is 1.78. The van der Waals surface area contributed by atoms with Gasteiger partial charge in [0.1, 0.15) is 0 Å². The van der Waals surface area contributed by atoms with Crippen LogP contribution in [0.25, 0.3) is 0 Å². The van der Waals surface area contributed by atoms with E-state index in [0.29, 0.717) is 0 Å². The Labute approximate surface area is 70.6 Å². The molecule has 0 saturated heterocycles. The number of unbranched alkanes of at least 4 members (excludes halogenated alkanes) is 3. The smallest absolute Gasteiger partial charge is 0.0229 e. The fourth-order valence-electron chi connectivity index (χ4n) is 0.718. The minimum Gasteiger partial charge on any atom is -0.346 e. The van der Waals surface area contributed by atoms with Crippen LogP contribution >= 0.6 is 0 Å². The highest BCUT2D eigenvalue weighted by molar-refractivity contribution is 4.96. The Balaban J connectivity index is 2.99. The monoisotopic (exact) mass is 153 g/mol. The van der Waals surface area contributed by atoms with Crippen LogP contribution in [-0.2, 0) is 0 Å². The predicted octanol–water partition coefficient (Wildman–Crippen LogP) is 2.53. The maximum atomic E-state index is 3.08. The third-order valence-corrected chi connectivity index (χ3v) is 1.49. The zero-order valence-corrected chi connectivity index (χ0v) is 7.74. The van der Waals surface area contributed by atoms with Gasteiger partial charge in [-0.1, -0.05) is 32.6 Å². The molecule has 11 heavy (non-hydrogen) atoms. The normalized spacial score (nSPS) is 8.55. The summed E-state index contributed by atoms with van der Waals surface area (Å²) in [6.07, 6.45) is 5.97. The van der Waals surface area contributed by atoms with E-state index in [4.69, 9.17) is 0 Å². The van der Waals surface area contributed by atoms with Gasteiger partial charge in [-0.15, -0.1) is 0 Å². The van der Waals surface area contributed by atoms with Crippen molar-refractivity contribution in [2.24, 2.45) is 0 Å². The van der Waals surface area contributed by atoms with Crippen molar-refractivity contribution < 1.29 is 0 Å². The molecule has 0 unspecified atom stereocenters. The lowest BCUT2D eigenvalue weighted by atomic mass is 10.3. The first kappa shape index (κ1) is 10.4. The van der Waals surface area contributed by atoms with E-state index < -0.39 is 0 Å². The number of hydrogen-bond acceptors (Lipinski definition) is 1. The molecule has 0 aliphatic heterocycles. The minimum absolute atomic E-state index is 1.04. The second-order valence-corrected chi connectivity index (χ2v) is 2.69. The molecule has 0 aliphatic rings. The zero-order valence-electron chi connectivity index (χ0n) is 7.74. The van der Waals surface area contributed by atoms with Crippen molar-refractivity contribution in [3.8, 4) is 12.0 Å². The molecule has 1 N–H and O–H groups in total. The maximum absolute atomic E-state index is 3.08. The fraction of sp³-hybridized carbons (Fsp3) is 0.800. The van der Waals surface area contributed by atoms with Crippen LogP contribution in [-0.4, -0.2) is 6.54 Å². The molecule has 0 aromatic heterocycles. The largest absolute Gasteiger partial charge is 0.346 e. The topological polar surface area (TPSA) is 12.0 Å². The molecule has 0 heterocycles. The molecular formula is C10H19N. The number of rotatable bonds is 5. The first-order valence-corrected chi connectivity index (χ1v) is 4.62. The third kappa shape index (κ3) is 9.36. The number of nitrogens with one attached hydrogen (secondary N) is 1. The summed E-state index contributed by atoms with van der Waals surface area (Å²) in [4.78, 5) is 0. The van der Waals surface area contributed by atoms with Gasteiger partial charge in [0.05, 0.1) is 0 Å². The highest BCUT2D eigenvalue weighted by Crippen LogP contribution is 1.89. The Hall–Kier alpha value is -0.640. The molecule has 0 aliphatic carbocycles. The SMILES string of the molecule is CCCCC#CNCCCC. The van der Waals surface area contributed by atoms with Gasteiger partial charge in [0, 0.05) is 19.0 Å². The van der Waals surface area contributed by atoms with E-state index >= 15 is 0 Å². The Morgan fingerprint density at radius 1 is 1.09 bits per heavy atom. The van der Waals surface area contributed by atoms with E-state index in [1.807, 2.05) is 0 Å². The van der Waals surface area contributed by atoms with E-state index in [-0.39, 0.29) is 0 Å². The quantitative estimate of drug-likeness (QED) is 0.363. The lowest BCUT2D eigenvalue weighted by molar-refractivity contribution is 0.745. The van der Waals surface area contributed by atoms with Gasteiger partial charge < -0.3 is 5.32 Å². The minimum atomic E-state index is 1.04. The first-order valence-electron chi connectivity index (χ1n) is 4.62. The summed E-state index contributed by atoms with van der Waals surface area (Å²) in [7, 11) is 0. The number of hydrogen-bond donors (Lipinski definition) is 1. The lowest BCUT2D eigenvalue weighted by Crippen LogP contribution is -2.06. The molecule has 0 atom stereocenters. The lowest BCUT2D eigenvalue weighted by Gasteiger charge is -1.92. The average Bonchev–Trinajstić information content (AvgIpc) is 2.03. The van der Waals surface area contributed by atoms with Crippen molar-refractivity contribution in [3.05, 3.63) is 0 Å². The molecule has 64 valence electrons. The van der Waals surface area contributed by atoms with Gasteiger partial charge in [0.15, 0.2) is 0 Å². The molecule has 0 radical (unpaired) electrons. The first-order chi connectivity index (χ1) is 5.41. The van der Waals surface area contributed by atoms with Crippen molar-refractivity contribution >= 4 is 0 Å². The Kier molecular flexibility index (Phi) is 8.82. The van der Waals surface area contributed by atoms with E-state index in [1.54, 1.807) is 0 Å². The molecule has 0 spiro atoms. The van der Waals surface area contributed by atoms with Crippen LogP contribution in [0.5, 0.6) is 0 Å². The molecule has 0 rings (SSSR count). The van der Waals surface area contributed by atoms with Crippen LogP contribution in [0.1, 0.15) is 46.0 Å². The molecule has 0 fully saturated rings. The Bertz CT molecular complexity index is 119. The van der Waals surface area contributed by atoms with Crippen molar-refractivity contribution in [2.45, 2.75) is 46.0 Å². The molecule has 0 amide bonds. The fourth-order valence-corrected chi connectivity index (χ4v) is 0.718. The highest BCUT2D eigenvalue weighted by atomic mass is 14.8. The summed E-state index contributed by atoms with van der Waals surface area (Å²) in [5.74, 6) is 3.08. The van der Waals surface area contributed by atoms with Gasteiger partial charge in [0.25, 0.3) is 0 Å². The van der Waals surface area contributed by atoms with Gasteiger partial charge in [-0.05, 0) is 12.8 Å². The third-order valence-electron chi connectivity index (χ3n) is 1.49. The van der Waals surface area contributed by atoms with Crippen LogP contribution in [0.15, 0.2) is 0 Å². The summed E-state index contributed by atoms with van der Waals surface area (Å²) in [6.45, 7) is 5.41. The standard InChI is InChI=1S/C10H19N/c1-3-5-7-8-10-11-9-6-4-2/h11H,3-7,9H2,1-2H3. The summed E-state index contributed by atoms with van der Waals surface area (Å²) < 4.78 is 0. The molecule has 0 aromatic rings. The molecule has 0 aromatic carbocycles. The van der Waals surface area contributed by atoms with E-state index in [1.165, 1.54) is 25.7 Å². The summed E-state index contributed by atoms with van der Waals surface area (Å²) >= 11 is 0. The summed E-state index contributed by atoms with van der Waals surface area (Å²) in [5, 5.41) is 3.08. The molecular weight excluding hydrogens is 134 g/mol. The Morgan fingerprint density at radius 3 is 2.45 bits per heavy atom. The average molecular weight is 153 g/mol. The zero-order chi connectivity index (χ0) is 8.36. The van der Waals surface area contributed by atoms with E-state index in [2.05, 4.69) is 31.1 Å². The van der Waals surface area contributed by atoms with Crippen LogP contribution in [0.3, 0.4) is 0 Å². The van der Waals surface area contributed by atoms with Gasteiger partial charge in [-0.3, -0.25) is 0 Å². The maximum Gasteiger partial charge on any atom is 0.0229 e. The molecule has 1 heteroatoms. The molecule has 0 saturated carbocycles. The second kappa shape index (κ2) is 9.36. The van der Waals surface area contributed by atoms with Crippen molar-refractivity contribution in [1.82, 2.24) is 5.32 Å². The van der Waals surface area contributed by atoms with Crippen LogP contribution < -0.4 is 5.32 Å². The van der Waals surface area contributed by atoms with Crippen LogP contribution in [0, 0.1) is 12.0 Å². The van der Waals surface area contributed by atoms with Gasteiger partial charge >= 0.3 is 0 Å². The van der Waals surface area contributed by atoms with E-state index in [0.717, 1.165) is 13.0 Å². The van der Waals surface area contributed by atoms with Crippen LogP contribution in [0.2, 0.25) is 0 Å².